The molecule has 23 heavy (non-hydrogen) atoms. The predicted molar refractivity (Wildman–Crippen MR) is 80.8 cm³/mol. The Morgan fingerprint density at radius 1 is 1.39 bits per heavy atom. The molecule has 8 nitrogen and oxygen atoms in total. The van der Waals surface area contributed by atoms with Crippen LogP contribution in [0.2, 0.25) is 0 Å². The van der Waals surface area contributed by atoms with Crippen molar-refractivity contribution < 1.29 is 14.1 Å². The number of morpholine rings is 1. The minimum atomic E-state index is -0.297. The topological polar surface area (TPSA) is 97.1 Å². The fourth-order valence-corrected chi connectivity index (χ4v) is 3.02. The van der Waals surface area contributed by atoms with E-state index in [0.29, 0.717) is 31.3 Å². The van der Waals surface area contributed by atoms with E-state index in [9.17, 15) is 4.79 Å². The van der Waals surface area contributed by atoms with E-state index in [-0.39, 0.29) is 17.9 Å². The van der Waals surface area contributed by atoms with Crippen molar-refractivity contribution in [2.24, 2.45) is 0 Å². The van der Waals surface area contributed by atoms with Gasteiger partial charge in [-0.25, -0.2) is 4.98 Å². The maximum absolute atomic E-state index is 12.8. The number of amides is 1. The van der Waals surface area contributed by atoms with E-state index in [1.54, 1.807) is 4.90 Å². The van der Waals surface area contributed by atoms with E-state index in [2.05, 4.69) is 20.3 Å². The molecule has 2 aromatic rings. The van der Waals surface area contributed by atoms with Gasteiger partial charge in [-0.2, -0.15) is 5.10 Å². The molecule has 0 unspecified atom stereocenters. The highest BCUT2D eigenvalue weighted by molar-refractivity contribution is 5.84. The molecule has 1 N–H and O–H groups in total. The van der Waals surface area contributed by atoms with Crippen LogP contribution in [0.5, 0.6) is 0 Å². The van der Waals surface area contributed by atoms with Crippen molar-refractivity contribution in [2.45, 2.75) is 39.7 Å². The first-order chi connectivity index (χ1) is 11.0. The highest BCUT2D eigenvalue weighted by atomic mass is 16.5. The first kappa shape index (κ1) is 15.7. The van der Waals surface area contributed by atoms with Gasteiger partial charge >= 0.3 is 0 Å². The Balaban J connectivity index is 1.74. The summed E-state index contributed by atoms with van der Waals surface area (Å²) in [5.74, 6) is 1.76. The Labute approximate surface area is 134 Å². The van der Waals surface area contributed by atoms with E-state index < -0.39 is 0 Å². The second kappa shape index (κ2) is 6.11. The van der Waals surface area contributed by atoms with Gasteiger partial charge in [0.2, 0.25) is 5.91 Å². The molecular weight excluding hydrogens is 298 g/mol. The maximum Gasteiger partial charge on any atom is 0.230 e. The number of carbonyl (C=O) groups is 1. The molecule has 3 heterocycles. The SMILES string of the molecule is Cc1nc([C@@H]2CN(C(=O)[C@@H](C)c3c(C)noc3C)CCO2)n[nH]1. The lowest BCUT2D eigenvalue weighted by Crippen LogP contribution is -2.44. The average molecular weight is 319 g/mol. The lowest BCUT2D eigenvalue weighted by molar-refractivity contribution is -0.140. The third-order valence-corrected chi connectivity index (χ3v) is 4.17. The molecule has 2 atom stereocenters. The van der Waals surface area contributed by atoms with E-state index >= 15 is 0 Å². The van der Waals surface area contributed by atoms with Crippen LogP contribution in [0.3, 0.4) is 0 Å². The Hall–Kier alpha value is -2.22. The largest absolute Gasteiger partial charge is 0.366 e. The molecule has 1 amide bonds. The zero-order valence-electron chi connectivity index (χ0n) is 13.8. The third kappa shape index (κ3) is 2.98. The Morgan fingerprint density at radius 2 is 2.17 bits per heavy atom. The molecule has 1 saturated heterocycles. The maximum atomic E-state index is 12.8. The van der Waals surface area contributed by atoms with Gasteiger partial charge in [0.25, 0.3) is 0 Å². The van der Waals surface area contributed by atoms with E-state index in [4.69, 9.17) is 9.26 Å². The molecule has 0 aromatic carbocycles. The monoisotopic (exact) mass is 319 g/mol. The first-order valence-electron chi connectivity index (χ1n) is 7.69. The van der Waals surface area contributed by atoms with Crippen LogP contribution in [-0.2, 0) is 9.53 Å². The average Bonchev–Trinajstić information content (AvgIpc) is 3.12. The zero-order chi connectivity index (χ0) is 16.6. The van der Waals surface area contributed by atoms with Gasteiger partial charge < -0.3 is 14.2 Å². The molecule has 2 aromatic heterocycles. The van der Waals surface area contributed by atoms with Crippen LogP contribution in [0.1, 0.15) is 47.6 Å². The highest BCUT2D eigenvalue weighted by Crippen LogP contribution is 2.27. The van der Waals surface area contributed by atoms with Crippen molar-refractivity contribution in [3.05, 3.63) is 28.7 Å². The van der Waals surface area contributed by atoms with Crippen LogP contribution in [-0.4, -0.2) is 50.8 Å². The summed E-state index contributed by atoms with van der Waals surface area (Å²) in [5.41, 5.74) is 1.63. The standard InChI is InChI=1S/C15H21N5O3/c1-8(13-9(2)19-23-10(13)3)15(21)20-5-6-22-12(7-20)14-16-11(4)17-18-14/h8,12H,5-7H2,1-4H3,(H,16,17,18)/t8-,12-/m0/s1. The number of nitrogens with one attached hydrogen (secondary N) is 1. The van der Waals surface area contributed by atoms with Gasteiger partial charge in [0, 0.05) is 12.1 Å². The Morgan fingerprint density at radius 3 is 2.78 bits per heavy atom. The molecule has 3 rings (SSSR count). The van der Waals surface area contributed by atoms with Gasteiger partial charge in [-0.3, -0.25) is 9.89 Å². The van der Waals surface area contributed by atoms with Crippen LogP contribution in [0, 0.1) is 20.8 Å². The minimum absolute atomic E-state index is 0.0416. The predicted octanol–water partition coefficient (Wildman–Crippen LogP) is 1.42. The van der Waals surface area contributed by atoms with Crippen LogP contribution in [0.25, 0.3) is 0 Å². The second-order valence-electron chi connectivity index (χ2n) is 5.88. The third-order valence-electron chi connectivity index (χ3n) is 4.17. The number of aryl methyl sites for hydroxylation is 3. The first-order valence-corrected chi connectivity index (χ1v) is 7.69. The molecule has 0 aliphatic carbocycles. The van der Waals surface area contributed by atoms with Crippen LogP contribution < -0.4 is 0 Å². The van der Waals surface area contributed by atoms with Crippen LogP contribution >= 0.6 is 0 Å². The molecule has 8 heteroatoms. The van der Waals surface area contributed by atoms with Crippen molar-refractivity contribution in [2.75, 3.05) is 19.7 Å². The number of nitrogens with zero attached hydrogens (tertiary/aromatic N) is 4. The van der Waals surface area contributed by atoms with Gasteiger partial charge in [-0.15, -0.1) is 0 Å². The second-order valence-corrected chi connectivity index (χ2v) is 5.88. The molecule has 1 aliphatic rings. The van der Waals surface area contributed by atoms with Crippen molar-refractivity contribution in [3.63, 3.8) is 0 Å². The normalized spacial score (nSPS) is 19.8. The molecule has 1 fully saturated rings. The summed E-state index contributed by atoms with van der Waals surface area (Å²) in [6.45, 7) is 8.89. The van der Waals surface area contributed by atoms with Crippen molar-refractivity contribution in [1.82, 2.24) is 25.2 Å². The van der Waals surface area contributed by atoms with Gasteiger partial charge in [0.1, 0.15) is 17.7 Å². The van der Waals surface area contributed by atoms with Gasteiger partial charge in [-0.05, 0) is 27.7 Å². The lowest BCUT2D eigenvalue weighted by Gasteiger charge is -2.33. The highest BCUT2D eigenvalue weighted by Gasteiger charge is 2.32. The summed E-state index contributed by atoms with van der Waals surface area (Å²) in [7, 11) is 0. The van der Waals surface area contributed by atoms with Crippen molar-refractivity contribution in [3.8, 4) is 0 Å². The summed E-state index contributed by atoms with van der Waals surface area (Å²) >= 11 is 0. The molecule has 0 bridgehead atoms. The minimum Gasteiger partial charge on any atom is -0.366 e. The molecule has 0 saturated carbocycles. The van der Waals surface area contributed by atoms with Gasteiger partial charge in [-0.1, -0.05) is 5.16 Å². The smallest absolute Gasteiger partial charge is 0.230 e. The van der Waals surface area contributed by atoms with E-state index in [0.717, 1.165) is 17.1 Å². The molecule has 0 spiro atoms. The summed E-state index contributed by atoms with van der Waals surface area (Å²) < 4.78 is 10.9. The van der Waals surface area contributed by atoms with Crippen molar-refractivity contribution in [1.29, 1.82) is 0 Å². The quantitative estimate of drug-likeness (QED) is 0.919. The Bertz CT molecular complexity index is 688. The molecule has 124 valence electrons. The molecular formula is C15H21N5O3. The fourth-order valence-electron chi connectivity index (χ4n) is 3.02. The van der Waals surface area contributed by atoms with Crippen molar-refractivity contribution >= 4 is 5.91 Å². The number of aromatic amines is 1. The number of rotatable bonds is 3. The molecule has 1 aliphatic heterocycles. The van der Waals surface area contributed by atoms with Crippen LogP contribution in [0.4, 0.5) is 0 Å². The number of hydrogen-bond acceptors (Lipinski definition) is 6. The fraction of sp³-hybridized carbons (Fsp3) is 0.600. The molecule has 0 radical (unpaired) electrons. The number of aromatic nitrogens is 4. The summed E-state index contributed by atoms with van der Waals surface area (Å²) in [6.07, 6.45) is -0.297. The number of H-pyrrole nitrogens is 1. The lowest BCUT2D eigenvalue weighted by atomic mass is 9.97. The summed E-state index contributed by atoms with van der Waals surface area (Å²) in [5, 5.41) is 10.9. The van der Waals surface area contributed by atoms with E-state index in [1.807, 2.05) is 27.7 Å². The van der Waals surface area contributed by atoms with E-state index in [1.165, 1.54) is 0 Å². The number of carbonyl (C=O) groups excluding carboxylic acids is 1. The number of ether oxygens (including phenoxy) is 1. The zero-order valence-corrected chi connectivity index (χ0v) is 13.8. The number of hydrogen-bond donors (Lipinski definition) is 1. The summed E-state index contributed by atoms with van der Waals surface area (Å²) in [6, 6.07) is 0. The van der Waals surface area contributed by atoms with Gasteiger partial charge in [0.05, 0.1) is 24.8 Å². The summed E-state index contributed by atoms with van der Waals surface area (Å²) in [4.78, 5) is 18.9. The van der Waals surface area contributed by atoms with Gasteiger partial charge in [0.15, 0.2) is 5.82 Å². The van der Waals surface area contributed by atoms with Crippen LogP contribution in [0.15, 0.2) is 4.52 Å². The Kier molecular flexibility index (Phi) is 4.16.